The Morgan fingerprint density at radius 1 is 1.07 bits per heavy atom. The van der Waals surface area contributed by atoms with Crippen molar-refractivity contribution in [3.63, 3.8) is 0 Å². The molecular weight excluding hydrogens is 631 g/mol. The van der Waals surface area contributed by atoms with E-state index in [1.54, 1.807) is 0 Å². The minimum absolute atomic E-state index is 0.131. The first-order valence-electron chi connectivity index (χ1n) is 7.74. The highest BCUT2D eigenvalue weighted by molar-refractivity contribution is 9.11. The van der Waals surface area contributed by atoms with Gasteiger partial charge in [-0.3, -0.25) is 4.79 Å². The SMILES string of the molecule is Cc1cc(NC(=S)N[C@H](NC(=O)c2ccc(Cl)cc2Cl)C(Cl)(Cl)Cl)c(Br)cc1Br. The van der Waals surface area contributed by atoms with Crippen LogP contribution in [0, 0.1) is 6.92 Å². The molecule has 0 aliphatic carbocycles. The molecule has 0 saturated carbocycles. The Balaban J connectivity index is 2.15. The number of amides is 1. The van der Waals surface area contributed by atoms with Crippen molar-refractivity contribution < 1.29 is 4.79 Å². The van der Waals surface area contributed by atoms with Crippen LogP contribution >= 0.6 is 102 Å². The summed E-state index contributed by atoms with van der Waals surface area (Å²) in [6.07, 6.45) is -1.15. The van der Waals surface area contributed by atoms with Gasteiger partial charge in [-0.2, -0.15) is 0 Å². The van der Waals surface area contributed by atoms with Gasteiger partial charge in [-0.25, -0.2) is 0 Å². The number of halogens is 7. The maximum atomic E-state index is 12.6. The number of anilines is 1. The first-order valence-corrected chi connectivity index (χ1v) is 11.6. The van der Waals surface area contributed by atoms with E-state index in [9.17, 15) is 4.79 Å². The molecule has 1 atom stereocenters. The van der Waals surface area contributed by atoms with Crippen molar-refractivity contribution in [2.45, 2.75) is 16.9 Å². The van der Waals surface area contributed by atoms with Crippen molar-refractivity contribution in [2.75, 3.05) is 5.32 Å². The number of aryl methyl sites for hydroxylation is 1. The zero-order valence-corrected chi connectivity index (χ0v) is 22.2. The average Bonchev–Trinajstić information content (AvgIpc) is 2.58. The fourth-order valence-electron chi connectivity index (χ4n) is 2.12. The molecule has 0 saturated heterocycles. The predicted molar refractivity (Wildman–Crippen MR) is 134 cm³/mol. The van der Waals surface area contributed by atoms with Crippen LogP contribution in [0.2, 0.25) is 10.0 Å². The van der Waals surface area contributed by atoms with Gasteiger partial charge in [-0.1, -0.05) is 73.9 Å². The van der Waals surface area contributed by atoms with Gasteiger partial charge in [0, 0.05) is 14.0 Å². The normalized spacial score (nSPS) is 12.3. The lowest BCUT2D eigenvalue weighted by atomic mass is 10.2. The molecule has 0 fully saturated rings. The fourth-order valence-corrected chi connectivity index (χ4v) is 4.27. The summed E-state index contributed by atoms with van der Waals surface area (Å²) in [4.78, 5) is 12.6. The molecular formula is C17H12Br2Cl5N3OS. The third kappa shape index (κ3) is 7.28. The molecule has 2 aromatic carbocycles. The van der Waals surface area contributed by atoms with Crippen LogP contribution in [0.1, 0.15) is 15.9 Å². The Hall–Kier alpha value is 0.0100. The van der Waals surface area contributed by atoms with Crippen LogP contribution in [-0.2, 0) is 0 Å². The smallest absolute Gasteiger partial charge is 0.254 e. The number of benzene rings is 2. The summed E-state index contributed by atoms with van der Waals surface area (Å²) < 4.78 is -0.214. The largest absolute Gasteiger partial charge is 0.339 e. The molecule has 29 heavy (non-hydrogen) atoms. The number of thiocarbonyl (C=S) groups is 1. The molecule has 2 rings (SSSR count). The quantitative estimate of drug-likeness (QED) is 0.187. The van der Waals surface area contributed by atoms with Gasteiger partial charge in [0.15, 0.2) is 5.11 Å². The number of alkyl halides is 3. The Morgan fingerprint density at radius 2 is 1.72 bits per heavy atom. The monoisotopic (exact) mass is 639 g/mol. The van der Waals surface area contributed by atoms with E-state index in [0.717, 1.165) is 14.5 Å². The zero-order chi connectivity index (χ0) is 21.9. The second kappa shape index (κ2) is 10.6. The van der Waals surface area contributed by atoms with Gasteiger partial charge in [-0.05, 0) is 71.0 Å². The van der Waals surface area contributed by atoms with E-state index < -0.39 is 15.9 Å². The third-order valence-electron chi connectivity index (χ3n) is 3.55. The van der Waals surface area contributed by atoms with Crippen LogP contribution in [0.3, 0.4) is 0 Å². The van der Waals surface area contributed by atoms with Gasteiger partial charge in [0.25, 0.3) is 5.91 Å². The Morgan fingerprint density at radius 3 is 2.31 bits per heavy atom. The first kappa shape index (κ1) is 25.3. The number of hydrogen-bond donors (Lipinski definition) is 3. The Bertz CT molecular complexity index is 955. The van der Waals surface area contributed by atoms with Crippen molar-refractivity contribution in [3.8, 4) is 0 Å². The highest BCUT2D eigenvalue weighted by atomic mass is 79.9. The molecule has 0 bridgehead atoms. The molecule has 0 heterocycles. The number of carbonyl (C=O) groups is 1. The summed E-state index contributed by atoms with van der Waals surface area (Å²) in [7, 11) is 0. The number of rotatable bonds is 4. The Kier molecular flexibility index (Phi) is 9.19. The number of carbonyl (C=O) groups excluding carboxylic acids is 1. The summed E-state index contributed by atoms with van der Waals surface area (Å²) in [6.45, 7) is 1.93. The van der Waals surface area contributed by atoms with Gasteiger partial charge in [0.1, 0.15) is 6.17 Å². The maximum Gasteiger partial charge on any atom is 0.254 e. The standard InChI is InChI=1S/C17H12Br2Cl5N3OS/c1-7-4-13(11(19)6-10(7)18)25-16(29)27-15(17(22,23)24)26-14(28)9-3-2-8(20)5-12(9)21/h2-6,15H,1H3,(H,26,28)(H2,25,27,29)/t15-/m0/s1. The molecule has 3 N–H and O–H groups in total. The van der Waals surface area contributed by atoms with E-state index in [1.807, 2.05) is 19.1 Å². The lowest BCUT2D eigenvalue weighted by Crippen LogP contribution is -2.56. The highest BCUT2D eigenvalue weighted by Gasteiger charge is 2.35. The molecule has 0 unspecified atom stereocenters. The predicted octanol–water partition coefficient (Wildman–Crippen LogP) is 7.24. The summed E-state index contributed by atoms with van der Waals surface area (Å²) >= 11 is 42.2. The van der Waals surface area contributed by atoms with E-state index in [-0.39, 0.29) is 15.7 Å². The van der Waals surface area contributed by atoms with Gasteiger partial charge in [-0.15, -0.1) is 0 Å². The van der Waals surface area contributed by atoms with Crippen LogP contribution < -0.4 is 16.0 Å². The van der Waals surface area contributed by atoms with E-state index in [0.29, 0.717) is 10.7 Å². The van der Waals surface area contributed by atoms with E-state index in [4.69, 9.17) is 70.2 Å². The second-order valence-electron chi connectivity index (χ2n) is 5.75. The van der Waals surface area contributed by atoms with Crippen molar-refractivity contribution in [2.24, 2.45) is 0 Å². The average molecular weight is 643 g/mol. The van der Waals surface area contributed by atoms with Gasteiger partial charge in [0.05, 0.1) is 16.3 Å². The summed E-state index contributed by atoms with van der Waals surface area (Å²) in [6, 6.07) is 8.18. The fraction of sp³-hybridized carbons (Fsp3) is 0.176. The molecule has 2 aromatic rings. The minimum atomic E-state index is -1.91. The van der Waals surface area contributed by atoms with Gasteiger partial charge in [0.2, 0.25) is 3.79 Å². The minimum Gasteiger partial charge on any atom is -0.339 e. The molecule has 4 nitrogen and oxygen atoms in total. The zero-order valence-electron chi connectivity index (χ0n) is 14.4. The molecule has 0 aromatic heterocycles. The second-order valence-corrected chi connectivity index (χ2v) is 11.1. The van der Waals surface area contributed by atoms with E-state index in [2.05, 4.69) is 47.8 Å². The molecule has 0 spiro atoms. The first-order chi connectivity index (χ1) is 13.4. The molecule has 12 heteroatoms. The van der Waals surface area contributed by atoms with Crippen molar-refractivity contribution in [1.82, 2.24) is 10.6 Å². The van der Waals surface area contributed by atoms with Crippen LogP contribution in [-0.4, -0.2) is 21.0 Å². The van der Waals surface area contributed by atoms with Crippen molar-refractivity contribution in [3.05, 3.63) is 60.4 Å². The Labute approximate surface area is 215 Å². The van der Waals surface area contributed by atoms with Crippen LogP contribution in [0.25, 0.3) is 0 Å². The van der Waals surface area contributed by atoms with Gasteiger partial charge >= 0.3 is 0 Å². The summed E-state index contributed by atoms with van der Waals surface area (Å²) in [5, 5.41) is 9.03. The van der Waals surface area contributed by atoms with E-state index in [1.165, 1.54) is 18.2 Å². The van der Waals surface area contributed by atoms with Crippen molar-refractivity contribution >= 4 is 119 Å². The lowest BCUT2D eigenvalue weighted by Gasteiger charge is -2.28. The highest BCUT2D eigenvalue weighted by Crippen LogP contribution is 2.31. The topological polar surface area (TPSA) is 53.2 Å². The third-order valence-corrected chi connectivity index (χ3v) is 6.48. The maximum absolute atomic E-state index is 12.6. The van der Waals surface area contributed by atoms with Crippen LogP contribution in [0.5, 0.6) is 0 Å². The van der Waals surface area contributed by atoms with Crippen LogP contribution in [0.15, 0.2) is 39.3 Å². The molecule has 0 aliphatic rings. The number of nitrogens with one attached hydrogen (secondary N) is 3. The van der Waals surface area contributed by atoms with Crippen molar-refractivity contribution in [1.29, 1.82) is 0 Å². The van der Waals surface area contributed by atoms with Gasteiger partial charge < -0.3 is 16.0 Å². The van der Waals surface area contributed by atoms with E-state index >= 15 is 0 Å². The van der Waals surface area contributed by atoms with Crippen LogP contribution in [0.4, 0.5) is 5.69 Å². The molecule has 0 radical (unpaired) electrons. The molecule has 156 valence electrons. The summed E-state index contributed by atoms with van der Waals surface area (Å²) in [5.41, 5.74) is 1.85. The molecule has 1 amide bonds. The lowest BCUT2D eigenvalue weighted by molar-refractivity contribution is 0.0934. The summed E-state index contributed by atoms with van der Waals surface area (Å²) in [5.74, 6) is -0.570. The molecule has 0 aliphatic heterocycles. The number of hydrogen-bond acceptors (Lipinski definition) is 2.